The Labute approximate surface area is 122 Å². The Balaban J connectivity index is 2.04. The van der Waals surface area contributed by atoms with Gasteiger partial charge in [-0.15, -0.1) is 0 Å². The van der Waals surface area contributed by atoms with Crippen molar-refractivity contribution in [1.82, 2.24) is 4.98 Å². The maximum atomic E-state index is 14.0. The maximum Gasteiger partial charge on any atom is 0.184 e. The zero-order valence-electron chi connectivity index (χ0n) is 11.0. The summed E-state index contributed by atoms with van der Waals surface area (Å²) in [5, 5.41) is 0.649. The fourth-order valence-electron chi connectivity index (χ4n) is 2.12. The summed E-state index contributed by atoms with van der Waals surface area (Å²) in [5.41, 5.74) is 0.523. The van der Waals surface area contributed by atoms with E-state index in [1.807, 2.05) is 0 Å². The van der Waals surface area contributed by atoms with Gasteiger partial charge in [-0.3, -0.25) is 0 Å². The standard InChI is InChI=1S/C16H12FNO2S/c17-14-10-12-6-4-5-9-15(12)18-16(14)11-21(19,20)13-7-2-1-3-8-13/h1-10H,11H2. The van der Waals surface area contributed by atoms with E-state index >= 15 is 0 Å². The second-order valence-electron chi connectivity index (χ2n) is 4.68. The zero-order valence-corrected chi connectivity index (χ0v) is 11.8. The summed E-state index contributed by atoms with van der Waals surface area (Å²) in [6.45, 7) is 0. The number of hydrogen-bond acceptors (Lipinski definition) is 3. The van der Waals surface area contributed by atoms with Crippen LogP contribution in [0, 0.1) is 5.82 Å². The fraction of sp³-hybridized carbons (Fsp3) is 0.0625. The van der Waals surface area contributed by atoms with E-state index in [9.17, 15) is 12.8 Å². The number of fused-ring (bicyclic) bond motifs is 1. The first-order valence-corrected chi connectivity index (χ1v) is 8.03. The van der Waals surface area contributed by atoms with Crippen LogP contribution >= 0.6 is 0 Å². The average Bonchev–Trinajstić information content (AvgIpc) is 2.49. The number of sulfone groups is 1. The molecule has 0 amide bonds. The molecule has 0 saturated heterocycles. The lowest BCUT2D eigenvalue weighted by molar-refractivity contribution is 0.584. The first-order chi connectivity index (χ1) is 10.1. The maximum absolute atomic E-state index is 14.0. The predicted molar refractivity (Wildman–Crippen MR) is 79.0 cm³/mol. The van der Waals surface area contributed by atoms with Gasteiger partial charge in [-0.05, 0) is 24.3 Å². The monoisotopic (exact) mass is 301 g/mol. The molecule has 0 spiro atoms. The van der Waals surface area contributed by atoms with Gasteiger partial charge in [-0.1, -0.05) is 36.4 Å². The summed E-state index contributed by atoms with van der Waals surface area (Å²) in [6, 6.07) is 16.3. The Morgan fingerprint density at radius 3 is 2.38 bits per heavy atom. The second kappa shape index (κ2) is 5.26. The van der Waals surface area contributed by atoms with Crippen molar-refractivity contribution in [1.29, 1.82) is 0 Å². The number of para-hydroxylation sites is 1. The third-order valence-corrected chi connectivity index (χ3v) is 4.82. The lowest BCUT2D eigenvalue weighted by atomic mass is 10.2. The summed E-state index contributed by atoms with van der Waals surface area (Å²) in [7, 11) is -3.61. The molecule has 21 heavy (non-hydrogen) atoms. The Morgan fingerprint density at radius 2 is 1.62 bits per heavy atom. The van der Waals surface area contributed by atoms with Gasteiger partial charge in [0.15, 0.2) is 9.84 Å². The zero-order chi connectivity index (χ0) is 14.9. The van der Waals surface area contributed by atoms with Crippen LogP contribution in [-0.2, 0) is 15.6 Å². The van der Waals surface area contributed by atoms with E-state index in [0.717, 1.165) is 0 Å². The van der Waals surface area contributed by atoms with Gasteiger partial charge >= 0.3 is 0 Å². The molecule has 1 heterocycles. The summed E-state index contributed by atoms with van der Waals surface area (Å²) in [6.07, 6.45) is 0. The van der Waals surface area contributed by atoms with Crippen LogP contribution < -0.4 is 0 Å². The van der Waals surface area contributed by atoms with E-state index < -0.39 is 21.4 Å². The molecule has 0 saturated carbocycles. The average molecular weight is 301 g/mol. The molecular weight excluding hydrogens is 289 g/mol. The summed E-state index contributed by atoms with van der Waals surface area (Å²) < 4.78 is 38.6. The predicted octanol–water partition coefficient (Wildman–Crippen LogP) is 3.35. The molecule has 0 aliphatic rings. The number of nitrogens with zero attached hydrogens (tertiary/aromatic N) is 1. The van der Waals surface area contributed by atoms with Crippen molar-refractivity contribution >= 4 is 20.7 Å². The van der Waals surface area contributed by atoms with Crippen LogP contribution in [0.5, 0.6) is 0 Å². The van der Waals surface area contributed by atoms with Gasteiger partial charge in [0, 0.05) is 5.39 Å². The van der Waals surface area contributed by atoms with Gasteiger partial charge in [0.2, 0.25) is 0 Å². The van der Waals surface area contributed by atoms with Crippen molar-refractivity contribution in [3.05, 3.63) is 72.2 Å². The van der Waals surface area contributed by atoms with Crippen LogP contribution in [0.25, 0.3) is 10.9 Å². The quantitative estimate of drug-likeness (QED) is 0.745. The lowest BCUT2D eigenvalue weighted by Crippen LogP contribution is -2.08. The van der Waals surface area contributed by atoms with Crippen LogP contribution in [0.4, 0.5) is 4.39 Å². The summed E-state index contributed by atoms with van der Waals surface area (Å²) in [4.78, 5) is 4.30. The van der Waals surface area contributed by atoms with Crippen molar-refractivity contribution in [3.8, 4) is 0 Å². The minimum atomic E-state index is -3.61. The van der Waals surface area contributed by atoms with Crippen LogP contribution in [0.15, 0.2) is 65.6 Å². The van der Waals surface area contributed by atoms with Gasteiger partial charge in [0.05, 0.1) is 21.9 Å². The Bertz CT molecular complexity index is 893. The number of benzene rings is 2. The van der Waals surface area contributed by atoms with Crippen molar-refractivity contribution in [2.45, 2.75) is 10.6 Å². The molecule has 0 bridgehead atoms. The normalized spacial score (nSPS) is 11.7. The first kappa shape index (κ1) is 13.7. The van der Waals surface area contributed by atoms with E-state index in [1.54, 1.807) is 42.5 Å². The van der Waals surface area contributed by atoms with Crippen molar-refractivity contribution in [2.75, 3.05) is 0 Å². The Morgan fingerprint density at radius 1 is 0.952 bits per heavy atom. The molecule has 0 radical (unpaired) electrons. The highest BCUT2D eigenvalue weighted by molar-refractivity contribution is 7.90. The van der Waals surface area contributed by atoms with E-state index in [0.29, 0.717) is 10.9 Å². The van der Waals surface area contributed by atoms with Crippen LogP contribution in [0.3, 0.4) is 0 Å². The number of aromatic nitrogens is 1. The molecule has 0 atom stereocenters. The Kier molecular flexibility index (Phi) is 3.43. The van der Waals surface area contributed by atoms with E-state index in [2.05, 4.69) is 4.98 Å². The van der Waals surface area contributed by atoms with Gasteiger partial charge in [-0.2, -0.15) is 0 Å². The van der Waals surface area contributed by atoms with Crippen molar-refractivity contribution < 1.29 is 12.8 Å². The molecule has 0 N–H and O–H groups in total. The SMILES string of the molecule is O=S(=O)(Cc1nc2ccccc2cc1F)c1ccccc1. The van der Waals surface area contributed by atoms with Crippen LogP contribution in [0.2, 0.25) is 0 Å². The number of hydrogen-bond donors (Lipinski definition) is 0. The largest absolute Gasteiger partial charge is 0.249 e. The molecule has 3 nitrogen and oxygen atoms in total. The highest BCUT2D eigenvalue weighted by atomic mass is 32.2. The molecular formula is C16H12FNO2S. The highest BCUT2D eigenvalue weighted by Crippen LogP contribution is 2.20. The second-order valence-corrected chi connectivity index (χ2v) is 6.67. The molecule has 0 unspecified atom stereocenters. The molecule has 5 heteroatoms. The summed E-state index contributed by atoms with van der Waals surface area (Å²) in [5.74, 6) is -1.05. The molecule has 2 aromatic carbocycles. The van der Waals surface area contributed by atoms with Crippen molar-refractivity contribution in [3.63, 3.8) is 0 Å². The smallest absolute Gasteiger partial charge is 0.184 e. The van der Waals surface area contributed by atoms with E-state index in [1.165, 1.54) is 18.2 Å². The van der Waals surface area contributed by atoms with Gasteiger partial charge < -0.3 is 0 Å². The van der Waals surface area contributed by atoms with Crippen LogP contribution in [0.1, 0.15) is 5.69 Å². The molecule has 0 fully saturated rings. The molecule has 0 aliphatic heterocycles. The van der Waals surface area contributed by atoms with Gasteiger partial charge in [0.25, 0.3) is 0 Å². The molecule has 3 rings (SSSR count). The molecule has 106 valence electrons. The minimum Gasteiger partial charge on any atom is -0.249 e. The highest BCUT2D eigenvalue weighted by Gasteiger charge is 2.19. The summed E-state index contributed by atoms with van der Waals surface area (Å²) >= 11 is 0. The first-order valence-electron chi connectivity index (χ1n) is 6.38. The number of pyridine rings is 1. The fourth-order valence-corrected chi connectivity index (χ4v) is 3.42. The topological polar surface area (TPSA) is 47.0 Å². The minimum absolute atomic E-state index is 0.0578. The third-order valence-electron chi connectivity index (χ3n) is 3.18. The lowest BCUT2D eigenvalue weighted by Gasteiger charge is -2.06. The van der Waals surface area contributed by atoms with Crippen molar-refractivity contribution in [2.24, 2.45) is 0 Å². The molecule has 3 aromatic rings. The van der Waals surface area contributed by atoms with E-state index in [4.69, 9.17) is 0 Å². The number of rotatable bonds is 3. The van der Waals surface area contributed by atoms with Gasteiger partial charge in [0.1, 0.15) is 5.82 Å². The number of halogens is 1. The van der Waals surface area contributed by atoms with Crippen LogP contribution in [-0.4, -0.2) is 13.4 Å². The van der Waals surface area contributed by atoms with Gasteiger partial charge in [-0.25, -0.2) is 17.8 Å². The molecule has 0 aliphatic carbocycles. The van der Waals surface area contributed by atoms with E-state index in [-0.39, 0.29) is 10.6 Å². The molecule has 1 aromatic heterocycles. The Hall–Kier alpha value is -2.27. The third kappa shape index (κ3) is 2.78.